The number of nitrogens with zero attached hydrogens (tertiary/aromatic N) is 3. The summed E-state index contributed by atoms with van der Waals surface area (Å²) >= 11 is 0. The summed E-state index contributed by atoms with van der Waals surface area (Å²) in [5.41, 5.74) is 3.66. The Balaban J connectivity index is 1.83. The van der Waals surface area contributed by atoms with E-state index in [2.05, 4.69) is 58.9 Å². The quantitative estimate of drug-likeness (QED) is 0.859. The highest BCUT2D eigenvalue weighted by Crippen LogP contribution is 2.25. The summed E-state index contributed by atoms with van der Waals surface area (Å²) in [5.74, 6) is 0. The summed E-state index contributed by atoms with van der Waals surface area (Å²) in [6, 6.07) is 11.2. The van der Waals surface area contributed by atoms with Crippen molar-refractivity contribution in [1.82, 2.24) is 9.78 Å². The predicted octanol–water partition coefficient (Wildman–Crippen LogP) is 2.97. The van der Waals surface area contributed by atoms with E-state index in [1.54, 1.807) is 0 Å². The molecule has 0 atom stereocenters. The molecule has 106 valence electrons. The van der Waals surface area contributed by atoms with Crippen molar-refractivity contribution in [2.45, 2.75) is 19.9 Å². The van der Waals surface area contributed by atoms with Gasteiger partial charge in [0.1, 0.15) is 0 Å². The van der Waals surface area contributed by atoms with E-state index in [1.807, 2.05) is 6.20 Å². The van der Waals surface area contributed by atoms with Gasteiger partial charge >= 0.3 is 0 Å². The van der Waals surface area contributed by atoms with Crippen LogP contribution in [-0.4, -0.2) is 36.1 Å². The maximum absolute atomic E-state index is 5.39. The Morgan fingerprint density at radius 2 is 1.75 bits per heavy atom. The Labute approximate surface area is 120 Å². The molecule has 0 radical (unpaired) electrons. The lowest BCUT2D eigenvalue weighted by Crippen LogP contribution is -2.36. The van der Waals surface area contributed by atoms with E-state index in [-0.39, 0.29) is 0 Å². The number of benzene rings is 1. The molecule has 1 aromatic heterocycles. The number of hydrogen-bond acceptors (Lipinski definition) is 3. The first kappa shape index (κ1) is 13.2. The summed E-state index contributed by atoms with van der Waals surface area (Å²) in [6.07, 6.45) is 1.87. The fourth-order valence-electron chi connectivity index (χ4n) is 2.62. The van der Waals surface area contributed by atoms with E-state index in [9.17, 15) is 0 Å². The van der Waals surface area contributed by atoms with Crippen LogP contribution in [0.25, 0.3) is 11.3 Å². The van der Waals surface area contributed by atoms with Gasteiger partial charge in [-0.2, -0.15) is 5.10 Å². The maximum atomic E-state index is 5.39. The molecule has 3 rings (SSSR count). The van der Waals surface area contributed by atoms with Crippen LogP contribution in [0.2, 0.25) is 0 Å². The van der Waals surface area contributed by atoms with Crippen molar-refractivity contribution in [1.29, 1.82) is 0 Å². The first-order valence-electron chi connectivity index (χ1n) is 7.22. The van der Waals surface area contributed by atoms with Crippen LogP contribution in [0.15, 0.2) is 36.5 Å². The Morgan fingerprint density at radius 1 is 1.05 bits per heavy atom. The third-order valence-corrected chi connectivity index (χ3v) is 3.70. The molecular formula is C16H21N3O. The normalized spacial score (nSPS) is 15.8. The maximum Gasteiger partial charge on any atom is 0.0685 e. The Kier molecular flexibility index (Phi) is 3.74. The first-order chi connectivity index (χ1) is 9.75. The second kappa shape index (κ2) is 5.67. The molecule has 0 bridgehead atoms. The van der Waals surface area contributed by atoms with Gasteiger partial charge < -0.3 is 9.64 Å². The van der Waals surface area contributed by atoms with Crippen LogP contribution in [0.1, 0.15) is 19.9 Å². The van der Waals surface area contributed by atoms with Crippen LogP contribution in [-0.2, 0) is 4.74 Å². The van der Waals surface area contributed by atoms with E-state index >= 15 is 0 Å². The van der Waals surface area contributed by atoms with Crippen molar-refractivity contribution in [3.63, 3.8) is 0 Å². The highest BCUT2D eigenvalue weighted by molar-refractivity contribution is 5.63. The van der Waals surface area contributed by atoms with Crippen LogP contribution >= 0.6 is 0 Å². The minimum Gasteiger partial charge on any atom is -0.378 e. The molecule has 1 aliphatic heterocycles. The number of anilines is 1. The fourth-order valence-corrected chi connectivity index (χ4v) is 2.62. The summed E-state index contributed by atoms with van der Waals surface area (Å²) in [6.45, 7) is 7.90. The Bertz CT molecular complexity index is 553. The number of hydrogen-bond donors (Lipinski definition) is 0. The molecule has 0 saturated carbocycles. The van der Waals surface area contributed by atoms with Gasteiger partial charge in [0, 0.05) is 31.0 Å². The molecule has 1 aliphatic rings. The van der Waals surface area contributed by atoms with Crippen molar-refractivity contribution in [3.05, 3.63) is 36.5 Å². The predicted molar refractivity (Wildman–Crippen MR) is 81.1 cm³/mol. The smallest absolute Gasteiger partial charge is 0.0685 e. The van der Waals surface area contributed by atoms with Gasteiger partial charge in [-0.1, -0.05) is 12.1 Å². The second-order valence-electron chi connectivity index (χ2n) is 5.40. The number of rotatable bonds is 3. The van der Waals surface area contributed by atoms with E-state index < -0.39 is 0 Å². The van der Waals surface area contributed by atoms with Gasteiger partial charge in [-0.15, -0.1) is 0 Å². The van der Waals surface area contributed by atoms with Crippen LogP contribution < -0.4 is 4.90 Å². The third-order valence-electron chi connectivity index (χ3n) is 3.70. The molecule has 0 amide bonds. The minimum atomic E-state index is 0.374. The summed E-state index contributed by atoms with van der Waals surface area (Å²) in [5, 5.41) is 4.39. The average Bonchev–Trinajstić information content (AvgIpc) is 2.98. The van der Waals surface area contributed by atoms with Gasteiger partial charge in [-0.05, 0) is 37.6 Å². The molecule has 1 aromatic carbocycles. The lowest BCUT2D eigenvalue weighted by molar-refractivity contribution is 0.122. The van der Waals surface area contributed by atoms with Crippen LogP contribution in [0.5, 0.6) is 0 Å². The average molecular weight is 271 g/mol. The van der Waals surface area contributed by atoms with E-state index in [0.29, 0.717) is 6.04 Å². The molecule has 1 fully saturated rings. The Morgan fingerprint density at radius 3 is 2.40 bits per heavy atom. The summed E-state index contributed by atoms with van der Waals surface area (Å²) in [7, 11) is 0. The van der Waals surface area contributed by atoms with Crippen LogP contribution in [0.4, 0.5) is 5.69 Å². The minimum absolute atomic E-state index is 0.374. The van der Waals surface area contributed by atoms with Crippen molar-refractivity contribution in [2.75, 3.05) is 31.2 Å². The molecule has 0 unspecified atom stereocenters. The lowest BCUT2D eigenvalue weighted by atomic mass is 10.1. The zero-order valence-corrected chi connectivity index (χ0v) is 12.1. The van der Waals surface area contributed by atoms with Crippen LogP contribution in [0, 0.1) is 0 Å². The largest absolute Gasteiger partial charge is 0.378 e. The van der Waals surface area contributed by atoms with Gasteiger partial charge in [-0.3, -0.25) is 4.68 Å². The van der Waals surface area contributed by atoms with E-state index in [1.165, 1.54) is 16.9 Å². The number of morpholine rings is 1. The van der Waals surface area contributed by atoms with Gasteiger partial charge in [0.15, 0.2) is 0 Å². The van der Waals surface area contributed by atoms with Crippen molar-refractivity contribution < 1.29 is 4.74 Å². The van der Waals surface area contributed by atoms with Gasteiger partial charge in [-0.25, -0.2) is 0 Å². The van der Waals surface area contributed by atoms with Crippen molar-refractivity contribution in [3.8, 4) is 11.3 Å². The molecule has 2 heterocycles. The van der Waals surface area contributed by atoms with E-state index in [0.717, 1.165) is 26.3 Å². The van der Waals surface area contributed by atoms with Crippen molar-refractivity contribution in [2.24, 2.45) is 0 Å². The van der Waals surface area contributed by atoms with Crippen LogP contribution in [0.3, 0.4) is 0 Å². The molecular weight excluding hydrogens is 250 g/mol. The second-order valence-corrected chi connectivity index (χ2v) is 5.40. The van der Waals surface area contributed by atoms with Gasteiger partial charge in [0.05, 0.1) is 18.9 Å². The topological polar surface area (TPSA) is 30.3 Å². The molecule has 1 saturated heterocycles. The highest BCUT2D eigenvalue weighted by atomic mass is 16.5. The third kappa shape index (κ3) is 2.56. The van der Waals surface area contributed by atoms with Gasteiger partial charge in [0.25, 0.3) is 0 Å². The monoisotopic (exact) mass is 271 g/mol. The molecule has 0 aliphatic carbocycles. The highest BCUT2D eigenvalue weighted by Gasteiger charge is 2.12. The standard InChI is InChI=1S/C16H21N3O/c1-13(2)19-16(7-8-17-19)14-3-5-15(6-4-14)18-9-11-20-12-10-18/h3-8,13H,9-12H2,1-2H3. The molecule has 0 spiro atoms. The molecule has 20 heavy (non-hydrogen) atoms. The Hall–Kier alpha value is -1.81. The summed E-state index contributed by atoms with van der Waals surface area (Å²) < 4.78 is 7.45. The number of aromatic nitrogens is 2. The molecule has 4 heteroatoms. The molecule has 0 N–H and O–H groups in total. The van der Waals surface area contributed by atoms with Crippen molar-refractivity contribution >= 4 is 5.69 Å². The van der Waals surface area contributed by atoms with E-state index in [4.69, 9.17) is 4.74 Å². The molecule has 4 nitrogen and oxygen atoms in total. The molecule has 2 aromatic rings. The lowest BCUT2D eigenvalue weighted by Gasteiger charge is -2.29. The zero-order valence-electron chi connectivity index (χ0n) is 12.1. The van der Waals surface area contributed by atoms with Gasteiger partial charge in [0.2, 0.25) is 0 Å². The first-order valence-corrected chi connectivity index (χ1v) is 7.22. The number of ether oxygens (including phenoxy) is 1. The summed E-state index contributed by atoms with van der Waals surface area (Å²) in [4.78, 5) is 2.37. The SMILES string of the molecule is CC(C)n1nccc1-c1ccc(N2CCOCC2)cc1. The zero-order chi connectivity index (χ0) is 13.9. The fraction of sp³-hybridized carbons (Fsp3) is 0.438.